The number of benzene rings is 1. The van der Waals surface area contributed by atoms with E-state index in [0.717, 1.165) is 57.1 Å². The largest absolute Gasteiger partial charge is 0.494 e. The molecule has 0 aliphatic heterocycles. The molecule has 1 aromatic carbocycles. The molecule has 0 radical (unpaired) electrons. The first-order valence-electron chi connectivity index (χ1n) is 7.88. The third-order valence-corrected chi connectivity index (χ3v) is 3.13. The summed E-state index contributed by atoms with van der Waals surface area (Å²) in [6.45, 7) is 8.86. The van der Waals surface area contributed by atoms with Crippen molar-refractivity contribution in [3.05, 3.63) is 24.3 Å². The standard InChI is InChI=1S/C17H30N2O2/c1-15(2)8-13-21-17-7-4-6-16(14-17)19-11-10-18-9-5-12-20-3/h4,6-7,14-15,18-19H,5,8-13H2,1-3H3. The summed E-state index contributed by atoms with van der Waals surface area (Å²) in [5.41, 5.74) is 1.11. The van der Waals surface area contributed by atoms with Gasteiger partial charge in [0, 0.05) is 38.6 Å². The maximum absolute atomic E-state index is 5.76. The van der Waals surface area contributed by atoms with Crippen molar-refractivity contribution in [3.8, 4) is 5.75 Å². The maximum Gasteiger partial charge on any atom is 0.121 e. The van der Waals surface area contributed by atoms with Crippen molar-refractivity contribution >= 4 is 5.69 Å². The number of hydrogen-bond acceptors (Lipinski definition) is 4. The van der Waals surface area contributed by atoms with Crippen LogP contribution < -0.4 is 15.4 Å². The van der Waals surface area contributed by atoms with E-state index in [-0.39, 0.29) is 0 Å². The molecule has 0 unspecified atom stereocenters. The summed E-state index contributed by atoms with van der Waals surface area (Å²) in [4.78, 5) is 0. The summed E-state index contributed by atoms with van der Waals surface area (Å²) in [6.07, 6.45) is 2.14. The van der Waals surface area contributed by atoms with E-state index in [4.69, 9.17) is 9.47 Å². The second-order valence-corrected chi connectivity index (χ2v) is 5.58. The number of rotatable bonds is 12. The highest BCUT2D eigenvalue weighted by atomic mass is 16.5. The van der Waals surface area contributed by atoms with Gasteiger partial charge in [0.15, 0.2) is 0 Å². The van der Waals surface area contributed by atoms with Gasteiger partial charge in [0.2, 0.25) is 0 Å². The van der Waals surface area contributed by atoms with Gasteiger partial charge in [-0.05, 0) is 37.4 Å². The van der Waals surface area contributed by atoms with Crippen molar-refractivity contribution in [1.29, 1.82) is 0 Å². The molecule has 0 saturated carbocycles. The van der Waals surface area contributed by atoms with Crippen LogP contribution in [0.25, 0.3) is 0 Å². The van der Waals surface area contributed by atoms with Crippen LogP contribution in [0, 0.1) is 5.92 Å². The second kappa shape index (κ2) is 11.4. The lowest BCUT2D eigenvalue weighted by atomic mass is 10.1. The van der Waals surface area contributed by atoms with E-state index >= 15 is 0 Å². The minimum atomic E-state index is 0.676. The van der Waals surface area contributed by atoms with Crippen LogP contribution in [0.4, 0.5) is 5.69 Å². The molecule has 1 rings (SSSR count). The lowest BCUT2D eigenvalue weighted by molar-refractivity contribution is 0.194. The molecule has 0 bridgehead atoms. The van der Waals surface area contributed by atoms with Gasteiger partial charge in [0.1, 0.15) is 5.75 Å². The second-order valence-electron chi connectivity index (χ2n) is 5.58. The summed E-state index contributed by atoms with van der Waals surface area (Å²) in [7, 11) is 1.73. The molecule has 4 heteroatoms. The van der Waals surface area contributed by atoms with Crippen LogP contribution >= 0.6 is 0 Å². The predicted molar refractivity (Wildman–Crippen MR) is 89.2 cm³/mol. The van der Waals surface area contributed by atoms with E-state index in [0.29, 0.717) is 5.92 Å². The van der Waals surface area contributed by atoms with Gasteiger partial charge >= 0.3 is 0 Å². The summed E-state index contributed by atoms with van der Waals surface area (Å²) < 4.78 is 10.8. The Hall–Kier alpha value is -1.26. The van der Waals surface area contributed by atoms with E-state index < -0.39 is 0 Å². The molecular weight excluding hydrogens is 264 g/mol. The number of methoxy groups -OCH3 is 1. The van der Waals surface area contributed by atoms with Gasteiger partial charge in [0.25, 0.3) is 0 Å². The van der Waals surface area contributed by atoms with Crippen LogP contribution in [0.5, 0.6) is 5.75 Å². The van der Waals surface area contributed by atoms with Gasteiger partial charge in [-0.3, -0.25) is 0 Å². The summed E-state index contributed by atoms with van der Waals surface area (Å²) in [5.74, 6) is 1.61. The number of anilines is 1. The summed E-state index contributed by atoms with van der Waals surface area (Å²) >= 11 is 0. The monoisotopic (exact) mass is 294 g/mol. The highest BCUT2D eigenvalue weighted by molar-refractivity contribution is 5.48. The molecule has 4 nitrogen and oxygen atoms in total. The molecule has 120 valence electrons. The van der Waals surface area contributed by atoms with Crippen molar-refractivity contribution in [3.63, 3.8) is 0 Å². The Bertz CT molecular complexity index is 370. The van der Waals surface area contributed by atoms with E-state index in [1.807, 2.05) is 12.1 Å². The fourth-order valence-electron chi connectivity index (χ4n) is 1.87. The zero-order chi connectivity index (χ0) is 15.3. The average molecular weight is 294 g/mol. The normalized spacial score (nSPS) is 10.9. The zero-order valence-corrected chi connectivity index (χ0v) is 13.7. The van der Waals surface area contributed by atoms with Crippen LogP contribution in [0.1, 0.15) is 26.7 Å². The first kappa shape index (κ1) is 17.8. The van der Waals surface area contributed by atoms with Gasteiger partial charge in [-0.15, -0.1) is 0 Å². The van der Waals surface area contributed by atoms with Crippen molar-refractivity contribution in [2.24, 2.45) is 5.92 Å². The van der Waals surface area contributed by atoms with Crippen LogP contribution in [-0.2, 0) is 4.74 Å². The van der Waals surface area contributed by atoms with Crippen LogP contribution in [0.2, 0.25) is 0 Å². The number of hydrogen-bond donors (Lipinski definition) is 2. The molecule has 0 fully saturated rings. The molecule has 0 saturated heterocycles. The summed E-state index contributed by atoms with van der Waals surface area (Å²) in [5, 5.41) is 6.78. The summed E-state index contributed by atoms with van der Waals surface area (Å²) in [6, 6.07) is 8.17. The Morgan fingerprint density at radius 1 is 1.10 bits per heavy atom. The van der Waals surface area contributed by atoms with E-state index in [1.165, 1.54) is 0 Å². The molecule has 0 amide bonds. The van der Waals surface area contributed by atoms with Gasteiger partial charge in [-0.1, -0.05) is 19.9 Å². The first-order chi connectivity index (χ1) is 10.2. The Morgan fingerprint density at radius 2 is 1.95 bits per heavy atom. The third kappa shape index (κ3) is 9.32. The SMILES string of the molecule is COCCCNCCNc1cccc(OCCC(C)C)c1. The molecule has 0 spiro atoms. The van der Waals surface area contributed by atoms with Gasteiger partial charge in [-0.25, -0.2) is 0 Å². The van der Waals surface area contributed by atoms with Crippen molar-refractivity contribution in [2.45, 2.75) is 26.7 Å². The molecule has 1 aromatic rings. The van der Waals surface area contributed by atoms with Crippen LogP contribution in [0.3, 0.4) is 0 Å². The van der Waals surface area contributed by atoms with Crippen molar-refractivity contribution < 1.29 is 9.47 Å². The molecule has 0 heterocycles. The topological polar surface area (TPSA) is 42.5 Å². The van der Waals surface area contributed by atoms with Gasteiger partial charge in [-0.2, -0.15) is 0 Å². The lowest BCUT2D eigenvalue weighted by Crippen LogP contribution is -2.23. The average Bonchev–Trinajstić information content (AvgIpc) is 2.46. The van der Waals surface area contributed by atoms with E-state index in [1.54, 1.807) is 7.11 Å². The maximum atomic E-state index is 5.76. The highest BCUT2D eigenvalue weighted by Crippen LogP contribution is 2.17. The molecule has 0 aliphatic rings. The zero-order valence-electron chi connectivity index (χ0n) is 13.7. The minimum absolute atomic E-state index is 0.676. The van der Waals surface area contributed by atoms with E-state index in [9.17, 15) is 0 Å². The Balaban J connectivity index is 2.17. The molecule has 0 atom stereocenters. The van der Waals surface area contributed by atoms with Crippen molar-refractivity contribution in [1.82, 2.24) is 5.32 Å². The highest BCUT2D eigenvalue weighted by Gasteiger charge is 1.98. The quantitative estimate of drug-likeness (QED) is 0.581. The van der Waals surface area contributed by atoms with Gasteiger partial charge in [0.05, 0.1) is 6.61 Å². The van der Waals surface area contributed by atoms with Gasteiger partial charge < -0.3 is 20.1 Å². The van der Waals surface area contributed by atoms with Crippen LogP contribution in [-0.4, -0.2) is 40.0 Å². The molecule has 0 aliphatic carbocycles. The predicted octanol–water partition coefficient (Wildman–Crippen LogP) is 3.15. The Morgan fingerprint density at radius 3 is 2.71 bits per heavy atom. The Kier molecular flexibility index (Phi) is 9.66. The van der Waals surface area contributed by atoms with Crippen LogP contribution in [0.15, 0.2) is 24.3 Å². The molecule has 0 aromatic heterocycles. The number of ether oxygens (including phenoxy) is 2. The first-order valence-corrected chi connectivity index (χ1v) is 7.88. The Labute approximate surface area is 129 Å². The molecular formula is C17H30N2O2. The molecule has 2 N–H and O–H groups in total. The fraction of sp³-hybridized carbons (Fsp3) is 0.647. The van der Waals surface area contributed by atoms with Crippen molar-refractivity contribution in [2.75, 3.05) is 45.3 Å². The molecule has 21 heavy (non-hydrogen) atoms. The number of nitrogens with one attached hydrogen (secondary N) is 2. The lowest BCUT2D eigenvalue weighted by Gasteiger charge is -2.11. The third-order valence-electron chi connectivity index (χ3n) is 3.13. The van der Waals surface area contributed by atoms with E-state index in [2.05, 4.69) is 36.6 Å². The smallest absolute Gasteiger partial charge is 0.121 e. The minimum Gasteiger partial charge on any atom is -0.494 e. The fourth-order valence-corrected chi connectivity index (χ4v) is 1.87.